The fraction of sp³-hybridized carbons (Fsp3) is 0.238. The third-order valence-electron chi connectivity index (χ3n) is 3.96. The maximum Gasteiger partial charge on any atom is 0.236 e. The van der Waals surface area contributed by atoms with Crippen molar-refractivity contribution in [3.63, 3.8) is 0 Å². The molecular formula is C21H22N4O2S2. The summed E-state index contributed by atoms with van der Waals surface area (Å²) in [5.41, 5.74) is 4.64. The van der Waals surface area contributed by atoms with Gasteiger partial charge in [-0.3, -0.25) is 9.79 Å². The Morgan fingerprint density at radius 1 is 1.31 bits per heavy atom. The van der Waals surface area contributed by atoms with Crippen molar-refractivity contribution in [2.24, 2.45) is 4.99 Å². The van der Waals surface area contributed by atoms with E-state index in [1.807, 2.05) is 48.7 Å². The number of aryl methyl sites for hydroxylation is 1. The number of pyridine rings is 1. The zero-order valence-electron chi connectivity index (χ0n) is 16.5. The van der Waals surface area contributed by atoms with Gasteiger partial charge in [-0.05, 0) is 18.6 Å². The average Bonchev–Trinajstić information content (AvgIpc) is 3.18. The van der Waals surface area contributed by atoms with Gasteiger partial charge >= 0.3 is 0 Å². The second-order valence-corrected chi connectivity index (χ2v) is 8.02. The standard InChI is InChI=1S/C21H22N4O2S2/c1-14-9-16(11-27-3)17(10-22-2)20(23-14)28-13-19(26)25-21-24-18(12-29-21)15-7-5-4-6-8-15/h4-10,12H,11,13H2,1-3H3,(H,24,25,26). The number of rotatable bonds is 8. The molecule has 0 unspecified atom stereocenters. The largest absolute Gasteiger partial charge is 0.380 e. The number of aliphatic imine (C=N–C) groups is 1. The smallest absolute Gasteiger partial charge is 0.236 e. The van der Waals surface area contributed by atoms with Crippen LogP contribution in [0, 0.1) is 6.92 Å². The summed E-state index contributed by atoms with van der Waals surface area (Å²) in [6, 6.07) is 11.9. The van der Waals surface area contributed by atoms with E-state index < -0.39 is 0 Å². The minimum absolute atomic E-state index is 0.125. The van der Waals surface area contributed by atoms with Gasteiger partial charge in [-0.2, -0.15) is 0 Å². The lowest BCUT2D eigenvalue weighted by molar-refractivity contribution is -0.113. The van der Waals surface area contributed by atoms with Crippen molar-refractivity contribution in [2.75, 3.05) is 25.2 Å². The van der Waals surface area contributed by atoms with Crippen LogP contribution in [0.15, 0.2) is 51.8 Å². The second-order valence-electron chi connectivity index (χ2n) is 6.20. The molecule has 0 radical (unpaired) electrons. The summed E-state index contributed by atoms with van der Waals surface area (Å²) in [6.07, 6.45) is 1.76. The maximum atomic E-state index is 12.4. The van der Waals surface area contributed by atoms with Crippen molar-refractivity contribution < 1.29 is 9.53 Å². The Kier molecular flexibility index (Phi) is 7.51. The number of hydrogen-bond donors (Lipinski definition) is 1. The quantitative estimate of drug-likeness (QED) is 0.426. The van der Waals surface area contributed by atoms with Crippen LogP contribution in [0.5, 0.6) is 0 Å². The van der Waals surface area contributed by atoms with Crippen molar-refractivity contribution in [2.45, 2.75) is 18.6 Å². The van der Waals surface area contributed by atoms with Crippen LogP contribution >= 0.6 is 23.1 Å². The molecule has 0 fully saturated rings. The summed E-state index contributed by atoms with van der Waals surface area (Å²) in [5, 5.41) is 6.16. The maximum absolute atomic E-state index is 12.4. The molecular weight excluding hydrogens is 404 g/mol. The molecule has 0 spiro atoms. The lowest BCUT2D eigenvalue weighted by Crippen LogP contribution is -2.14. The van der Waals surface area contributed by atoms with E-state index in [2.05, 4.69) is 20.3 Å². The van der Waals surface area contributed by atoms with E-state index in [-0.39, 0.29) is 11.7 Å². The molecule has 2 aromatic heterocycles. The minimum atomic E-state index is -0.125. The first kappa shape index (κ1) is 21.2. The summed E-state index contributed by atoms with van der Waals surface area (Å²) in [7, 11) is 3.37. The van der Waals surface area contributed by atoms with E-state index in [0.717, 1.165) is 33.1 Å². The highest BCUT2D eigenvalue weighted by molar-refractivity contribution is 8.00. The zero-order chi connectivity index (χ0) is 20.6. The molecule has 1 N–H and O–H groups in total. The predicted molar refractivity (Wildman–Crippen MR) is 120 cm³/mol. The monoisotopic (exact) mass is 426 g/mol. The summed E-state index contributed by atoms with van der Waals surface area (Å²) >= 11 is 2.79. The van der Waals surface area contributed by atoms with Gasteiger partial charge in [0.25, 0.3) is 0 Å². The second kappa shape index (κ2) is 10.3. The summed E-state index contributed by atoms with van der Waals surface area (Å²) < 4.78 is 5.28. The molecule has 0 aliphatic rings. The molecule has 0 atom stereocenters. The zero-order valence-corrected chi connectivity index (χ0v) is 18.1. The first-order valence-corrected chi connectivity index (χ1v) is 10.8. The molecule has 0 saturated carbocycles. The molecule has 0 bridgehead atoms. The Bertz CT molecular complexity index is 1000. The first-order valence-electron chi connectivity index (χ1n) is 8.96. The molecule has 1 amide bonds. The highest BCUT2D eigenvalue weighted by atomic mass is 32.2. The average molecular weight is 427 g/mol. The number of nitrogens with one attached hydrogen (secondary N) is 1. The van der Waals surface area contributed by atoms with Gasteiger partial charge in [-0.15, -0.1) is 11.3 Å². The number of methoxy groups -OCH3 is 1. The number of thiazole rings is 1. The van der Waals surface area contributed by atoms with Gasteiger partial charge in [0, 0.05) is 42.6 Å². The Balaban J connectivity index is 1.67. The van der Waals surface area contributed by atoms with E-state index in [1.54, 1.807) is 20.4 Å². The number of nitrogens with zero attached hydrogens (tertiary/aromatic N) is 3. The Morgan fingerprint density at radius 3 is 2.83 bits per heavy atom. The normalized spacial score (nSPS) is 11.1. The number of hydrogen-bond acceptors (Lipinski definition) is 7. The molecule has 0 aliphatic carbocycles. The molecule has 8 heteroatoms. The van der Waals surface area contributed by atoms with E-state index in [9.17, 15) is 4.79 Å². The summed E-state index contributed by atoms with van der Waals surface area (Å²) in [6.45, 7) is 2.39. The van der Waals surface area contributed by atoms with Crippen molar-refractivity contribution in [3.8, 4) is 11.3 Å². The summed E-state index contributed by atoms with van der Waals surface area (Å²) in [5.74, 6) is 0.105. The van der Waals surface area contributed by atoms with Gasteiger partial charge in [-0.1, -0.05) is 42.1 Å². The molecule has 1 aromatic carbocycles. The third kappa shape index (κ3) is 5.72. The van der Waals surface area contributed by atoms with Crippen molar-refractivity contribution in [1.82, 2.24) is 9.97 Å². The Labute approximate surface area is 178 Å². The Morgan fingerprint density at radius 2 is 2.10 bits per heavy atom. The van der Waals surface area contributed by atoms with E-state index >= 15 is 0 Å². The molecule has 3 aromatic rings. The van der Waals surface area contributed by atoms with E-state index in [4.69, 9.17) is 4.74 Å². The van der Waals surface area contributed by atoms with E-state index in [0.29, 0.717) is 11.7 Å². The number of ether oxygens (including phenoxy) is 1. The van der Waals surface area contributed by atoms with Crippen LogP contribution in [-0.2, 0) is 16.1 Å². The van der Waals surface area contributed by atoms with Crippen LogP contribution in [0.2, 0.25) is 0 Å². The van der Waals surface area contributed by atoms with Gasteiger partial charge < -0.3 is 10.1 Å². The Hall–Kier alpha value is -2.55. The van der Waals surface area contributed by atoms with Crippen LogP contribution in [0.3, 0.4) is 0 Å². The number of benzene rings is 1. The highest BCUT2D eigenvalue weighted by Crippen LogP contribution is 2.26. The molecule has 150 valence electrons. The van der Waals surface area contributed by atoms with Crippen LogP contribution in [-0.4, -0.2) is 42.0 Å². The van der Waals surface area contributed by atoms with Gasteiger partial charge in [0.05, 0.1) is 18.1 Å². The number of carbonyl (C=O) groups excluding carboxylic acids is 1. The molecule has 0 saturated heterocycles. The third-order valence-corrected chi connectivity index (χ3v) is 5.70. The molecule has 29 heavy (non-hydrogen) atoms. The SMILES string of the molecule is CN=Cc1c(COC)cc(C)nc1SCC(=O)Nc1nc(-c2ccccc2)cs1. The van der Waals surface area contributed by atoms with Crippen molar-refractivity contribution in [3.05, 3.63) is 58.6 Å². The fourth-order valence-electron chi connectivity index (χ4n) is 2.73. The van der Waals surface area contributed by atoms with Gasteiger partial charge in [0.15, 0.2) is 5.13 Å². The van der Waals surface area contributed by atoms with Gasteiger partial charge in [0.1, 0.15) is 5.03 Å². The highest BCUT2D eigenvalue weighted by Gasteiger charge is 2.14. The lowest BCUT2D eigenvalue weighted by Gasteiger charge is -2.11. The molecule has 2 heterocycles. The number of carbonyl (C=O) groups is 1. The number of aromatic nitrogens is 2. The summed E-state index contributed by atoms with van der Waals surface area (Å²) in [4.78, 5) is 25.6. The van der Waals surface area contributed by atoms with Crippen molar-refractivity contribution >= 4 is 40.4 Å². The molecule has 3 rings (SSSR count). The predicted octanol–water partition coefficient (Wildman–Crippen LogP) is 4.44. The van der Waals surface area contributed by atoms with E-state index in [1.165, 1.54) is 23.1 Å². The van der Waals surface area contributed by atoms with Crippen LogP contribution in [0.25, 0.3) is 11.3 Å². The first-order chi connectivity index (χ1) is 14.1. The van der Waals surface area contributed by atoms with Crippen LogP contribution in [0.4, 0.5) is 5.13 Å². The topological polar surface area (TPSA) is 76.5 Å². The fourth-order valence-corrected chi connectivity index (χ4v) is 4.36. The number of anilines is 1. The number of thioether (sulfide) groups is 1. The minimum Gasteiger partial charge on any atom is -0.380 e. The molecule has 0 aliphatic heterocycles. The van der Waals surface area contributed by atoms with Crippen molar-refractivity contribution in [1.29, 1.82) is 0 Å². The number of amides is 1. The molecule has 6 nitrogen and oxygen atoms in total. The lowest BCUT2D eigenvalue weighted by atomic mass is 10.1. The van der Waals surface area contributed by atoms with Crippen LogP contribution < -0.4 is 5.32 Å². The van der Waals surface area contributed by atoms with Gasteiger partial charge in [-0.25, -0.2) is 9.97 Å². The van der Waals surface area contributed by atoms with Gasteiger partial charge in [0.2, 0.25) is 5.91 Å². The van der Waals surface area contributed by atoms with Crippen LogP contribution in [0.1, 0.15) is 16.8 Å².